The van der Waals surface area contributed by atoms with Gasteiger partial charge < -0.3 is 20.1 Å². The number of hydrogen-bond acceptors (Lipinski definition) is 4. The minimum atomic E-state index is -0.883. The topological polar surface area (TPSA) is 87.0 Å². The van der Waals surface area contributed by atoms with E-state index in [0.29, 0.717) is 23.2 Å². The first kappa shape index (κ1) is 20.7. The molecule has 0 bridgehead atoms. The summed E-state index contributed by atoms with van der Waals surface area (Å²) in [5, 5.41) is 32.5. The lowest BCUT2D eigenvalue weighted by molar-refractivity contribution is -0.178. The average molecular weight is 445 g/mol. The van der Waals surface area contributed by atoms with Gasteiger partial charge in [-0.1, -0.05) is 27.7 Å². The van der Waals surface area contributed by atoms with Crippen LogP contribution < -0.4 is 0 Å². The number of aliphatic hydroxyl groups is 2. The number of aliphatic hydroxyl groups excluding tert-OH is 2. The highest BCUT2D eigenvalue weighted by Gasteiger charge is 2.97. The zero-order valence-corrected chi connectivity index (χ0v) is 20.1. The summed E-state index contributed by atoms with van der Waals surface area (Å²) in [6.07, 6.45) is 7.87. The van der Waals surface area contributed by atoms with Gasteiger partial charge in [-0.15, -0.1) is 0 Å². The molecule has 1 heterocycles. The Kier molecular flexibility index (Phi) is 3.52. The third-order valence-electron chi connectivity index (χ3n) is 13.6. The van der Waals surface area contributed by atoms with Crippen molar-refractivity contribution >= 4 is 5.97 Å². The van der Waals surface area contributed by atoms with Crippen LogP contribution in [0, 0.1) is 50.2 Å². The minimum absolute atomic E-state index is 0.0270. The van der Waals surface area contributed by atoms with Crippen molar-refractivity contribution in [1.82, 2.24) is 0 Å². The number of rotatable bonds is 1. The van der Waals surface area contributed by atoms with Crippen LogP contribution in [0.5, 0.6) is 0 Å². The number of ether oxygens (including phenoxy) is 1. The van der Waals surface area contributed by atoms with E-state index in [0.717, 1.165) is 25.7 Å². The Bertz CT molecular complexity index is 916. The number of carbonyl (C=O) groups is 1. The summed E-state index contributed by atoms with van der Waals surface area (Å²) >= 11 is 0. The second kappa shape index (κ2) is 5.44. The summed E-state index contributed by atoms with van der Waals surface area (Å²) in [7, 11) is 0. The zero-order valence-electron chi connectivity index (χ0n) is 20.1. The molecule has 5 heteroatoms. The van der Waals surface area contributed by atoms with Crippen molar-refractivity contribution in [2.45, 2.75) is 110 Å². The van der Waals surface area contributed by atoms with Crippen molar-refractivity contribution in [2.75, 3.05) is 0 Å². The van der Waals surface area contributed by atoms with Crippen LogP contribution in [0.4, 0.5) is 0 Å². The van der Waals surface area contributed by atoms with Crippen LogP contribution in [0.2, 0.25) is 0 Å². The van der Waals surface area contributed by atoms with E-state index in [2.05, 4.69) is 27.7 Å². The Morgan fingerprint density at radius 3 is 2.44 bits per heavy atom. The lowest BCUT2D eigenvalue weighted by atomic mass is 9.45. The third-order valence-corrected chi connectivity index (χ3v) is 13.6. The predicted molar refractivity (Wildman–Crippen MR) is 118 cm³/mol. The normalized spacial score (nSPS) is 65.4. The molecular formula is C27H40O5. The molecule has 7 fully saturated rings. The van der Waals surface area contributed by atoms with Gasteiger partial charge in [-0.05, 0) is 103 Å². The van der Waals surface area contributed by atoms with Crippen LogP contribution in [-0.4, -0.2) is 45.7 Å². The molecule has 0 aromatic carbocycles. The molecule has 6 saturated carbocycles. The number of carboxylic acids is 1. The Hall–Kier alpha value is -0.650. The van der Waals surface area contributed by atoms with Gasteiger partial charge in [0.05, 0.1) is 18.3 Å². The summed E-state index contributed by atoms with van der Waals surface area (Å²) in [6, 6.07) is 0. The molecule has 0 aromatic heterocycles. The van der Waals surface area contributed by atoms with E-state index in [-0.39, 0.29) is 45.7 Å². The van der Waals surface area contributed by atoms with E-state index in [1.54, 1.807) is 0 Å². The van der Waals surface area contributed by atoms with Crippen molar-refractivity contribution in [3.63, 3.8) is 0 Å². The highest BCUT2D eigenvalue weighted by Crippen LogP contribution is 3.01. The highest BCUT2D eigenvalue weighted by molar-refractivity contribution is 5.72. The molecule has 0 amide bonds. The van der Waals surface area contributed by atoms with E-state index in [4.69, 9.17) is 4.74 Å². The predicted octanol–water partition coefficient (Wildman–Crippen LogP) is 4.00. The second-order valence-electron chi connectivity index (χ2n) is 14.1. The molecule has 12 unspecified atom stereocenters. The number of fused-ring (bicyclic) bond motifs is 2. The fraction of sp³-hybridized carbons (Fsp3) is 0.963. The SMILES string of the molecule is CC1CC(C(=O)O)OC2C1C1(C)CCC34CC35CCC(O)C(C)(C)C5CCC43CC13C2O. The second-order valence-corrected chi connectivity index (χ2v) is 14.1. The van der Waals surface area contributed by atoms with Crippen LogP contribution in [0.1, 0.15) is 85.5 Å². The maximum Gasteiger partial charge on any atom is 0.332 e. The Morgan fingerprint density at radius 2 is 1.72 bits per heavy atom. The average Bonchev–Trinajstić information content (AvgIpc) is 3.59. The summed E-state index contributed by atoms with van der Waals surface area (Å²) < 4.78 is 6.20. The van der Waals surface area contributed by atoms with Gasteiger partial charge in [-0.25, -0.2) is 4.79 Å². The Labute approximate surface area is 191 Å². The van der Waals surface area contributed by atoms with E-state index in [1.807, 2.05) is 0 Å². The molecule has 178 valence electrons. The van der Waals surface area contributed by atoms with Crippen LogP contribution >= 0.6 is 0 Å². The van der Waals surface area contributed by atoms with Crippen LogP contribution in [0.3, 0.4) is 0 Å². The number of hydrogen-bond donors (Lipinski definition) is 3. The molecule has 1 saturated heterocycles. The molecule has 4 spiro atoms. The lowest BCUT2D eigenvalue weighted by Crippen LogP contribution is -2.55. The van der Waals surface area contributed by atoms with Crippen LogP contribution in [0.15, 0.2) is 0 Å². The molecule has 7 aliphatic rings. The fourth-order valence-electron chi connectivity index (χ4n) is 12.5. The maximum atomic E-state index is 12.0. The van der Waals surface area contributed by atoms with E-state index in [1.165, 1.54) is 25.7 Å². The van der Waals surface area contributed by atoms with E-state index >= 15 is 0 Å². The van der Waals surface area contributed by atoms with Gasteiger partial charge in [0.2, 0.25) is 0 Å². The fourth-order valence-corrected chi connectivity index (χ4v) is 12.5. The summed E-state index contributed by atoms with van der Waals surface area (Å²) in [5.41, 5.74) is 0.767. The van der Waals surface area contributed by atoms with Crippen molar-refractivity contribution in [3.8, 4) is 0 Å². The Balaban J connectivity index is 1.31. The highest BCUT2D eigenvalue weighted by atomic mass is 16.5. The molecule has 0 aromatic rings. The molecule has 32 heavy (non-hydrogen) atoms. The molecule has 7 rings (SSSR count). The van der Waals surface area contributed by atoms with E-state index < -0.39 is 18.2 Å². The molecule has 6 aliphatic carbocycles. The molecule has 12 atom stereocenters. The quantitative estimate of drug-likeness (QED) is 0.569. The Morgan fingerprint density at radius 1 is 0.969 bits per heavy atom. The van der Waals surface area contributed by atoms with Crippen LogP contribution in [-0.2, 0) is 9.53 Å². The number of carboxylic acid groups (broad SMARTS) is 1. The van der Waals surface area contributed by atoms with E-state index in [9.17, 15) is 20.1 Å². The molecule has 3 N–H and O–H groups in total. The standard InChI is InChI=1S/C27H40O5/c1-14-11-15(21(30)31)32-19-18(14)23(4)9-10-25-12-24(25)7-6-17(28)22(2,3)16(24)5-8-26(25)13-27(23,26)20(19)29/h14-20,28-29H,5-13H2,1-4H3,(H,30,31). The minimum Gasteiger partial charge on any atom is -0.479 e. The van der Waals surface area contributed by atoms with Gasteiger partial charge in [0.1, 0.15) is 0 Å². The monoisotopic (exact) mass is 444 g/mol. The zero-order chi connectivity index (χ0) is 22.7. The maximum absolute atomic E-state index is 12.0. The first-order chi connectivity index (χ1) is 14.9. The molecule has 5 nitrogen and oxygen atoms in total. The molecule has 1 aliphatic heterocycles. The number of aliphatic carboxylic acids is 1. The smallest absolute Gasteiger partial charge is 0.332 e. The van der Waals surface area contributed by atoms with Crippen molar-refractivity contribution in [1.29, 1.82) is 0 Å². The van der Waals surface area contributed by atoms with Crippen molar-refractivity contribution in [3.05, 3.63) is 0 Å². The van der Waals surface area contributed by atoms with Gasteiger partial charge in [0, 0.05) is 5.41 Å². The first-order valence-electron chi connectivity index (χ1n) is 13.2. The van der Waals surface area contributed by atoms with Crippen molar-refractivity contribution in [2.24, 2.45) is 50.2 Å². The van der Waals surface area contributed by atoms with Gasteiger partial charge in [0.25, 0.3) is 0 Å². The molecule has 0 radical (unpaired) electrons. The van der Waals surface area contributed by atoms with Gasteiger partial charge in [0.15, 0.2) is 6.10 Å². The van der Waals surface area contributed by atoms with Crippen molar-refractivity contribution < 1.29 is 24.9 Å². The summed E-state index contributed by atoms with van der Waals surface area (Å²) in [6.45, 7) is 9.22. The van der Waals surface area contributed by atoms with Crippen LogP contribution in [0.25, 0.3) is 0 Å². The summed E-state index contributed by atoms with van der Waals surface area (Å²) in [5.74, 6) is 0.209. The third kappa shape index (κ3) is 1.74. The van der Waals surface area contributed by atoms with Gasteiger partial charge in [-0.3, -0.25) is 0 Å². The lowest BCUT2D eigenvalue weighted by Gasteiger charge is -2.59. The van der Waals surface area contributed by atoms with Gasteiger partial charge >= 0.3 is 5.97 Å². The molecular weight excluding hydrogens is 404 g/mol. The first-order valence-corrected chi connectivity index (χ1v) is 13.2. The summed E-state index contributed by atoms with van der Waals surface area (Å²) in [4.78, 5) is 11.8. The van der Waals surface area contributed by atoms with Gasteiger partial charge in [-0.2, -0.15) is 0 Å². The largest absolute Gasteiger partial charge is 0.479 e.